The van der Waals surface area contributed by atoms with E-state index in [1.54, 1.807) is 9.80 Å². The molecule has 0 spiro atoms. The molecule has 67 heavy (non-hydrogen) atoms. The van der Waals surface area contributed by atoms with Gasteiger partial charge < -0.3 is 19.6 Å². The number of hydrogen-bond acceptors (Lipinski definition) is 7. The number of ketones is 3. The third-order valence-corrected chi connectivity index (χ3v) is 14.2. The van der Waals surface area contributed by atoms with Crippen LogP contribution in [0.5, 0.6) is 0 Å². The van der Waals surface area contributed by atoms with Crippen LogP contribution in [0, 0.1) is 45.3 Å². The summed E-state index contributed by atoms with van der Waals surface area (Å²) in [5.74, 6) is 0.636. The van der Waals surface area contributed by atoms with Crippen LogP contribution in [0.1, 0.15) is 224 Å². The zero-order chi connectivity index (χ0) is 52.9. The Morgan fingerprint density at radius 2 is 0.776 bits per heavy atom. The summed E-state index contributed by atoms with van der Waals surface area (Å²) in [6.07, 6.45) is 6.81. The van der Waals surface area contributed by atoms with E-state index < -0.39 is 0 Å². The maximum atomic E-state index is 12.3. The number of hydrogen-bond donors (Lipinski definition) is 0. The van der Waals surface area contributed by atoms with Gasteiger partial charge in [-0.05, 0) is 149 Å². The van der Waals surface area contributed by atoms with Gasteiger partial charge in [0.15, 0.2) is 5.78 Å². The number of amides is 4. The van der Waals surface area contributed by atoms with Crippen LogP contribution in [0.2, 0.25) is 0 Å². The second-order valence-corrected chi connectivity index (χ2v) is 28.3. The van der Waals surface area contributed by atoms with Crippen LogP contribution in [-0.4, -0.2) is 109 Å². The van der Waals surface area contributed by atoms with Gasteiger partial charge in [0.25, 0.3) is 5.91 Å². The van der Waals surface area contributed by atoms with Crippen molar-refractivity contribution in [3.05, 3.63) is 0 Å². The van der Waals surface area contributed by atoms with Crippen molar-refractivity contribution in [3.63, 3.8) is 0 Å². The van der Waals surface area contributed by atoms with Gasteiger partial charge in [0.05, 0.1) is 13.0 Å². The van der Waals surface area contributed by atoms with Gasteiger partial charge in [0.2, 0.25) is 23.5 Å². The number of rotatable bonds is 0. The minimum Gasteiger partial charge on any atom is -0.338 e. The molecule has 0 aromatic heterocycles. The van der Waals surface area contributed by atoms with Gasteiger partial charge >= 0.3 is 0 Å². The van der Waals surface area contributed by atoms with E-state index in [0.717, 1.165) is 38.6 Å². The molecule has 4 rings (SSSR count). The Bertz CT molecular complexity index is 1630. The van der Waals surface area contributed by atoms with Crippen LogP contribution in [-0.2, 0) is 33.6 Å². The maximum Gasteiger partial charge on any atom is 0.290 e. The summed E-state index contributed by atoms with van der Waals surface area (Å²) in [6.45, 7) is 52.2. The highest BCUT2D eigenvalue weighted by Crippen LogP contribution is 2.38. The summed E-state index contributed by atoms with van der Waals surface area (Å²) >= 11 is 0. The van der Waals surface area contributed by atoms with Crippen LogP contribution in [0.25, 0.3) is 0 Å². The van der Waals surface area contributed by atoms with Crippen molar-refractivity contribution in [2.24, 2.45) is 45.3 Å². The smallest absolute Gasteiger partial charge is 0.290 e. The Kier molecular flexibility index (Phi) is 21.0. The van der Waals surface area contributed by atoms with Crippen molar-refractivity contribution in [1.82, 2.24) is 19.6 Å². The first-order valence-electron chi connectivity index (χ1n) is 25.6. The van der Waals surface area contributed by atoms with Crippen LogP contribution >= 0.6 is 0 Å². The molecule has 4 unspecified atom stereocenters. The SMILES string of the molecule is CC(C)(C)C1CCC(=O)N(C(C)(C)C)CC1=O.CC(C)(C)C1CCCN(C(C)(C)C)C(=O)C1.CC(C)(C)C1CCCN(C(C)(C)C)C(=O)C1=O.CC(C)(C)C1CCN(C(C)(C)C)C(=O)CC1=O. The quantitative estimate of drug-likeness (QED) is 0.174. The van der Waals surface area contributed by atoms with Gasteiger partial charge in [-0.1, -0.05) is 83.1 Å². The number of carbonyl (C=O) groups excluding carboxylic acids is 7. The highest BCUT2D eigenvalue weighted by atomic mass is 16.2. The maximum absolute atomic E-state index is 12.3. The largest absolute Gasteiger partial charge is 0.338 e. The molecule has 4 atom stereocenters. The van der Waals surface area contributed by atoms with Crippen LogP contribution in [0.3, 0.4) is 0 Å². The highest BCUT2D eigenvalue weighted by Gasteiger charge is 2.43. The van der Waals surface area contributed by atoms with Gasteiger partial charge in [-0.25, -0.2) is 0 Å². The predicted octanol–water partition coefficient (Wildman–Crippen LogP) is 11.4. The Morgan fingerprint density at radius 3 is 1.19 bits per heavy atom. The standard InChI is InChI=1S/3C14H25NO2.C14H27NO/c1-13(2,3)10-7-8-15(14(4,5)6)12(17)9-11(10)16;1-13(2,3)10-7-8-12(17)15(9-11(10)16)14(4,5)6;1-13(2,3)10-8-7-9-15(14(4,5)6)12(17)11(10)16;1-13(2,3)11-8-7-9-15(12(16)10-11)14(4,5)6/h3*10H,7-9H2,1-6H3;11H,7-10H2,1-6H3. The van der Waals surface area contributed by atoms with E-state index in [-0.39, 0.29) is 110 Å². The first-order chi connectivity index (χ1) is 29.7. The van der Waals surface area contributed by atoms with Crippen LogP contribution < -0.4 is 0 Å². The summed E-state index contributed by atoms with van der Waals surface area (Å²) in [7, 11) is 0. The van der Waals surface area contributed by atoms with E-state index in [1.807, 2.05) is 88.0 Å². The average Bonchev–Trinajstić information content (AvgIpc) is 3.54. The predicted molar refractivity (Wildman–Crippen MR) is 274 cm³/mol. The highest BCUT2D eigenvalue weighted by molar-refractivity contribution is 6.37. The lowest BCUT2D eigenvalue weighted by Gasteiger charge is -2.35. The van der Waals surface area contributed by atoms with Crippen molar-refractivity contribution in [3.8, 4) is 0 Å². The van der Waals surface area contributed by atoms with Crippen molar-refractivity contribution in [2.45, 2.75) is 246 Å². The molecule has 11 nitrogen and oxygen atoms in total. The Hall–Kier alpha value is -3.11. The Morgan fingerprint density at radius 1 is 0.373 bits per heavy atom. The number of likely N-dealkylation sites (tertiary alicyclic amines) is 4. The molecule has 0 N–H and O–H groups in total. The van der Waals surface area contributed by atoms with Gasteiger partial charge in [0.1, 0.15) is 5.78 Å². The van der Waals surface area contributed by atoms with E-state index in [9.17, 15) is 33.6 Å². The topological polar surface area (TPSA) is 132 Å². The monoisotopic (exact) mass is 943 g/mol. The Balaban J connectivity index is 0.000000447. The first kappa shape index (κ1) is 61.9. The number of carbonyl (C=O) groups is 7. The fraction of sp³-hybridized carbons (Fsp3) is 0.875. The lowest BCUT2D eigenvalue weighted by molar-refractivity contribution is -0.150. The van der Waals surface area contributed by atoms with Gasteiger partial charge in [0, 0.05) is 72.4 Å². The molecule has 0 aliphatic carbocycles. The molecule has 0 radical (unpaired) electrons. The van der Waals surface area contributed by atoms with Crippen molar-refractivity contribution >= 4 is 41.0 Å². The Labute approximate surface area is 410 Å². The second kappa shape index (κ2) is 22.8. The third-order valence-electron chi connectivity index (χ3n) is 14.2. The summed E-state index contributed by atoms with van der Waals surface area (Å²) in [6, 6.07) is 0. The van der Waals surface area contributed by atoms with E-state index >= 15 is 0 Å². The van der Waals surface area contributed by atoms with Gasteiger partial charge in [-0.3, -0.25) is 33.6 Å². The second-order valence-electron chi connectivity index (χ2n) is 28.3. The van der Waals surface area contributed by atoms with Crippen LogP contribution in [0.4, 0.5) is 0 Å². The molecule has 4 heterocycles. The molecule has 11 heteroatoms. The zero-order valence-corrected chi connectivity index (χ0v) is 47.6. The van der Waals surface area contributed by atoms with Gasteiger partial charge in [-0.2, -0.15) is 0 Å². The van der Waals surface area contributed by atoms with Crippen molar-refractivity contribution in [2.75, 3.05) is 26.2 Å². The molecule has 4 amide bonds. The number of Topliss-reactive ketones (excluding diaryl/α,β-unsaturated/α-hetero) is 3. The normalized spacial score (nSPS) is 24.0. The van der Waals surface area contributed by atoms with E-state index in [0.29, 0.717) is 37.8 Å². The molecule has 0 aromatic rings. The fourth-order valence-corrected chi connectivity index (χ4v) is 9.91. The summed E-state index contributed by atoms with van der Waals surface area (Å²) < 4.78 is 0. The zero-order valence-electron chi connectivity index (χ0n) is 47.6. The van der Waals surface area contributed by atoms with Crippen molar-refractivity contribution < 1.29 is 33.6 Å². The van der Waals surface area contributed by atoms with Crippen LogP contribution in [0.15, 0.2) is 0 Å². The molecule has 0 aromatic carbocycles. The molecule has 0 bridgehead atoms. The van der Waals surface area contributed by atoms with E-state index in [1.165, 1.54) is 6.42 Å². The molecule has 4 aliphatic rings. The molecule has 4 fully saturated rings. The first-order valence-corrected chi connectivity index (χ1v) is 25.6. The third kappa shape index (κ3) is 19.0. The minimum absolute atomic E-state index is 0.00111. The summed E-state index contributed by atoms with van der Waals surface area (Å²) in [5, 5.41) is 0. The lowest BCUT2D eigenvalue weighted by atomic mass is 9.76. The molecule has 4 aliphatic heterocycles. The average molecular weight is 943 g/mol. The van der Waals surface area contributed by atoms with Crippen molar-refractivity contribution in [1.29, 1.82) is 0 Å². The molecular formula is C56H102N4O7. The molecule has 0 saturated carbocycles. The van der Waals surface area contributed by atoms with E-state index in [4.69, 9.17) is 0 Å². The molecule has 4 saturated heterocycles. The van der Waals surface area contributed by atoms with E-state index in [2.05, 4.69) is 88.0 Å². The molecule has 388 valence electrons. The molecular weight excluding hydrogens is 841 g/mol. The lowest BCUT2D eigenvalue weighted by Crippen LogP contribution is -2.49. The number of nitrogens with zero attached hydrogens (tertiary/aromatic N) is 4. The fourth-order valence-electron chi connectivity index (χ4n) is 9.91. The minimum atomic E-state index is -0.296. The van der Waals surface area contributed by atoms with Gasteiger partial charge in [-0.15, -0.1) is 0 Å². The summed E-state index contributed by atoms with van der Waals surface area (Å²) in [5.41, 5.74) is -0.715. The summed E-state index contributed by atoms with van der Waals surface area (Å²) in [4.78, 5) is 92.5.